The molecule has 0 saturated heterocycles. The van der Waals surface area contributed by atoms with Crippen molar-refractivity contribution in [1.82, 2.24) is 0 Å². The van der Waals surface area contributed by atoms with Crippen LogP contribution < -0.4 is 5.73 Å². The SMILES string of the molecule is Nc1ccc(C(=O)OCCc2cccs2)cc1F. The van der Waals surface area contributed by atoms with E-state index in [1.165, 1.54) is 12.1 Å². The molecule has 1 heterocycles. The summed E-state index contributed by atoms with van der Waals surface area (Å²) in [6.07, 6.45) is 0.668. The number of nitrogens with two attached hydrogens (primary N) is 1. The maximum Gasteiger partial charge on any atom is 0.338 e. The highest BCUT2D eigenvalue weighted by Gasteiger charge is 2.09. The summed E-state index contributed by atoms with van der Waals surface area (Å²) in [5, 5.41) is 1.96. The van der Waals surface area contributed by atoms with Crippen LogP contribution in [0.2, 0.25) is 0 Å². The lowest BCUT2D eigenvalue weighted by atomic mass is 10.2. The van der Waals surface area contributed by atoms with Crippen LogP contribution in [-0.4, -0.2) is 12.6 Å². The molecule has 0 radical (unpaired) electrons. The maximum atomic E-state index is 13.2. The fraction of sp³-hybridized carbons (Fsp3) is 0.154. The van der Waals surface area contributed by atoms with Gasteiger partial charge in [0.2, 0.25) is 0 Å². The van der Waals surface area contributed by atoms with Crippen molar-refractivity contribution >= 4 is 23.0 Å². The largest absolute Gasteiger partial charge is 0.462 e. The third-order valence-electron chi connectivity index (χ3n) is 2.40. The molecule has 0 atom stereocenters. The fourth-order valence-electron chi connectivity index (χ4n) is 1.44. The molecule has 0 saturated carbocycles. The van der Waals surface area contributed by atoms with Gasteiger partial charge in [0, 0.05) is 11.3 Å². The molecule has 0 aliphatic heterocycles. The zero-order valence-corrected chi connectivity index (χ0v) is 10.4. The van der Waals surface area contributed by atoms with E-state index in [0.717, 1.165) is 10.9 Å². The van der Waals surface area contributed by atoms with Crippen LogP contribution >= 0.6 is 11.3 Å². The predicted octanol–water partition coefficient (Wildman–Crippen LogP) is 2.87. The second kappa shape index (κ2) is 5.64. The van der Waals surface area contributed by atoms with Gasteiger partial charge in [-0.1, -0.05) is 6.07 Å². The minimum Gasteiger partial charge on any atom is -0.462 e. The van der Waals surface area contributed by atoms with E-state index in [9.17, 15) is 9.18 Å². The molecule has 0 aliphatic rings. The molecule has 2 rings (SSSR count). The van der Waals surface area contributed by atoms with Gasteiger partial charge in [0.05, 0.1) is 17.9 Å². The normalized spacial score (nSPS) is 10.3. The van der Waals surface area contributed by atoms with E-state index in [1.54, 1.807) is 11.3 Å². The molecule has 2 N–H and O–H groups in total. The van der Waals surface area contributed by atoms with Crippen molar-refractivity contribution in [3.05, 3.63) is 52.0 Å². The van der Waals surface area contributed by atoms with Crippen molar-refractivity contribution in [3.8, 4) is 0 Å². The van der Waals surface area contributed by atoms with E-state index in [-0.39, 0.29) is 17.9 Å². The molecule has 0 spiro atoms. The first kappa shape index (κ1) is 12.6. The number of anilines is 1. The van der Waals surface area contributed by atoms with Crippen molar-refractivity contribution in [2.45, 2.75) is 6.42 Å². The number of benzene rings is 1. The molecular formula is C13H12FNO2S. The van der Waals surface area contributed by atoms with E-state index in [0.29, 0.717) is 6.42 Å². The number of esters is 1. The fourth-order valence-corrected chi connectivity index (χ4v) is 2.13. The topological polar surface area (TPSA) is 52.3 Å². The predicted molar refractivity (Wildman–Crippen MR) is 69.1 cm³/mol. The second-order valence-corrected chi connectivity index (χ2v) is 4.73. The average molecular weight is 265 g/mol. The third-order valence-corrected chi connectivity index (χ3v) is 3.33. The zero-order chi connectivity index (χ0) is 13.0. The molecular weight excluding hydrogens is 253 g/mol. The Kier molecular flexibility index (Phi) is 3.94. The number of hydrogen-bond donors (Lipinski definition) is 1. The van der Waals surface area contributed by atoms with Crippen LogP contribution in [0.25, 0.3) is 0 Å². The van der Waals surface area contributed by atoms with Gasteiger partial charge in [-0.3, -0.25) is 0 Å². The van der Waals surface area contributed by atoms with Crippen molar-refractivity contribution < 1.29 is 13.9 Å². The second-order valence-electron chi connectivity index (χ2n) is 3.70. The van der Waals surface area contributed by atoms with E-state index >= 15 is 0 Å². The van der Waals surface area contributed by atoms with Crippen LogP contribution in [0.15, 0.2) is 35.7 Å². The Bertz CT molecular complexity index is 540. The van der Waals surface area contributed by atoms with E-state index in [4.69, 9.17) is 10.5 Å². The Morgan fingerprint density at radius 2 is 2.22 bits per heavy atom. The lowest BCUT2D eigenvalue weighted by Crippen LogP contribution is -2.08. The van der Waals surface area contributed by atoms with Crippen LogP contribution in [0, 0.1) is 5.82 Å². The lowest BCUT2D eigenvalue weighted by Gasteiger charge is -2.04. The number of thiophene rings is 1. The molecule has 2 aromatic rings. The summed E-state index contributed by atoms with van der Waals surface area (Å²) in [5.74, 6) is -1.15. The summed E-state index contributed by atoms with van der Waals surface area (Å²) in [7, 11) is 0. The molecule has 5 heteroatoms. The molecule has 0 amide bonds. The molecule has 0 unspecified atom stereocenters. The summed E-state index contributed by atoms with van der Waals surface area (Å²) in [6, 6.07) is 7.80. The number of halogens is 1. The molecule has 0 bridgehead atoms. The van der Waals surface area contributed by atoms with Gasteiger partial charge in [-0.2, -0.15) is 0 Å². The van der Waals surface area contributed by atoms with Crippen LogP contribution in [0.3, 0.4) is 0 Å². The summed E-state index contributed by atoms with van der Waals surface area (Å²) in [4.78, 5) is 12.8. The van der Waals surface area contributed by atoms with Gasteiger partial charge in [0.25, 0.3) is 0 Å². The van der Waals surface area contributed by atoms with Crippen molar-refractivity contribution in [2.75, 3.05) is 12.3 Å². The summed E-state index contributed by atoms with van der Waals surface area (Å²) in [6.45, 7) is 0.283. The lowest BCUT2D eigenvalue weighted by molar-refractivity contribution is 0.0509. The molecule has 1 aromatic carbocycles. The molecule has 94 valence electrons. The number of ether oxygens (including phenoxy) is 1. The van der Waals surface area contributed by atoms with Gasteiger partial charge in [-0.05, 0) is 29.6 Å². The quantitative estimate of drug-likeness (QED) is 0.683. The number of nitrogen functional groups attached to an aromatic ring is 1. The minimum absolute atomic E-state index is 0.0186. The first-order chi connectivity index (χ1) is 8.66. The van der Waals surface area contributed by atoms with Crippen LogP contribution in [-0.2, 0) is 11.2 Å². The Balaban J connectivity index is 1.89. The van der Waals surface area contributed by atoms with Gasteiger partial charge in [-0.25, -0.2) is 9.18 Å². The molecule has 3 nitrogen and oxygen atoms in total. The maximum absolute atomic E-state index is 13.2. The van der Waals surface area contributed by atoms with E-state index in [2.05, 4.69) is 0 Å². The molecule has 1 aromatic heterocycles. The monoisotopic (exact) mass is 265 g/mol. The van der Waals surface area contributed by atoms with Crippen LogP contribution in [0.4, 0.5) is 10.1 Å². The number of carbonyl (C=O) groups excluding carboxylic acids is 1. The van der Waals surface area contributed by atoms with Crippen LogP contribution in [0.1, 0.15) is 15.2 Å². The first-order valence-electron chi connectivity index (χ1n) is 5.41. The first-order valence-corrected chi connectivity index (χ1v) is 6.29. The summed E-state index contributed by atoms with van der Waals surface area (Å²) < 4.78 is 18.2. The van der Waals surface area contributed by atoms with E-state index in [1.807, 2.05) is 17.5 Å². The Morgan fingerprint density at radius 3 is 2.89 bits per heavy atom. The zero-order valence-electron chi connectivity index (χ0n) is 9.56. The number of rotatable bonds is 4. The summed E-state index contributed by atoms with van der Waals surface area (Å²) >= 11 is 1.61. The minimum atomic E-state index is -0.609. The van der Waals surface area contributed by atoms with Gasteiger partial charge in [-0.15, -0.1) is 11.3 Å². The Hall–Kier alpha value is -1.88. The van der Waals surface area contributed by atoms with Crippen molar-refractivity contribution in [3.63, 3.8) is 0 Å². The van der Waals surface area contributed by atoms with Crippen molar-refractivity contribution in [2.24, 2.45) is 0 Å². The third kappa shape index (κ3) is 3.07. The number of carbonyl (C=O) groups is 1. The van der Waals surface area contributed by atoms with Gasteiger partial charge < -0.3 is 10.5 Å². The highest BCUT2D eigenvalue weighted by molar-refractivity contribution is 7.09. The van der Waals surface area contributed by atoms with Crippen molar-refractivity contribution in [1.29, 1.82) is 0 Å². The van der Waals surface area contributed by atoms with Gasteiger partial charge >= 0.3 is 5.97 Å². The van der Waals surface area contributed by atoms with Crippen LogP contribution in [0.5, 0.6) is 0 Å². The van der Waals surface area contributed by atoms with Gasteiger partial charge in [0.1, 0.15) is 5.82 Å². The Morgan fingerprint density at radius 1 is 1.39 bits per heavy atom. The molecule has 0 fully saturated rings. The van der Waals surface area contributed by atoms with Gasteiger partial charge in [0.15, 0.2) is 0 Å². The summed E-state index contributed by atoms with van der Waals surface area (Å²) in [5.41, 5.74) is 5.52. The highest BCUT2D eigenvalue weighted by Crippen LogP contribution is 2.13. The molecule has 0 aliphatic carbocycles. The standard InChI is InChI=1S/C13H12FNO2S/c14-11-8-9(3-4-12(11)15)13(16)17-6-5-10-2-1-7-18-10/h1-4,7-8H,5-6,15H2. The smallest absolute Gasteiger partial charge is 0.338 e. The van der Waals surface area contributed by atoms with E-state index < -0.39 is 11.8 Å². The highest BCUT2D eigenvalue weighted by atomic mass is 32.1. The molecule has 18 heavy (non-hydrogen) atoms. The number of hydrogen-bond acceptors (Lipinski definition) is 4. The Labute approximate surface area is 108 Å². The average Bonchev–Trinajstić information content (AvgIpc) is 2.85.